The van der Waals surface area contributed by atoms with Crippen LogP contribution in [-0.4, -0.2) is 33.2 Å². The van der Waals surface area contributed by atoms with Gasteiger partial charge >= 0.3 is 5.97 Å². The van der Waals surface area contributed by atoms with E-state index in [-0.39, 0.29) is 12.0 Å². The van der Waals surface area contributed by atoms with Gasteiger partial charge in [0.1, 0.15) is 5.56 Å². The molecule has 0 bridgehead atoms. The number of rotatable bonds is 4. The Morgan fingerprint density at radius 1 is 1.33 bits per heavy atom. The van der Waals surface area contributed by atoms with Crippen molar-refractivity contribution in [3.05, 3.63) is 27.2 Å². The molecule has 0 radical (unpaired) electrons. The average Bonchev–Trinajstić information content (AvgIpc) is 2.32. The first-order valence-corrected chi connectivity index (χ1v) is 6.62. The molecule has 1 aromatic heterocycles. The Bertz CT molecular complexity index is 614. The minimum Gasteiger partial charge on any atom is -0.481 e. The summed E-state index contributed by atoms with van der Waals surface area (Å²) in [5, 5.41) is 17.6. The number of nitrogens with one attached hydrogen (secondary N) is 2. The minimum absolute atomic E-state index is 0.0258. The van der Waals surface area contributed by atoms with E-state index in [1.807, 2.05) is 20.8 Å². The van der Waals surface area contributed by atoms with Crippen molar-refractivity contribution in [1.82, 2.24) is 15.5 Å². The van der Waals surface area contributed by atoms with Crippen LogP contribution in [0.25, 0.3) is 0 Å². The Morgan fingerprint density at radius 2 is 1.90 bits per heavy atom. The van der Waals surface area contributed by atoms with Crippen LogP contribution in [0.2, 0.25) is 0 Å². The van der Waals surface area contributed by atoms with E-state index in [2.05, 4.69) is 15.5 Å². The van der Waals surface area contributed by atoms with Crippen LogP contribution in [0.15, 0.2) is 4.79 Å². The topological polar surface area (TPSA) is 112 Å². The van der Waals surface area contributed by atoms with Gasteiger partial charge in [0, 0.05) is 6.04 Å². The van der Waals surface area contributed by atoms with Crippen molar-refractivity contribution in [1.29, 1.82) is 0 Å². The normalized spacial score (nSPS) is 12.8. The highest BCUT2D eigenvalue weighted by Gasteiger charge is 2.30. The van der Waals surface area contributed by atoms with Gasteiger partial charge in [-0.25, -0.2) is 5.10 Å². The zero-order valence-corrected chi connectivity index (χ0v) is 12.9. The summed E-state index contributed by atoms with van der Waals surface area (Å²) in [5.41, 5.74) is -0.0261. The highest BCUT2D eigenvalue weighted by atomic mass is 16.4. The number of carboxylic acids is 1. The molecule has 0 saturated carbocycles. The minimum atomic E-state index is -1.01. The molecule has 116 valence electrons. The maximum absolute atomic E-state index is 12.3. The van der Waals surface area contributed by atoms with Crippen LogP contribution in [0.4, 0.5) is 0 Å². The standard InChI is InChI=1S/C14H21N3O4/c1-7-8(2)16-17-13(21)11(7)12(20)15-9(6-10(18)19)14(3,4)5/h9H,6H2,1-5H3,(H,15,20)(H,17,21)(H,18,19). The van der Waals surface area contributed by atoms with Crippen LogP contribution < -0.4 is 10.9 Å². The predicted molar refractivity (Wildman–Crippen MR) is 77.3 cm³/mol. The van der Waals surface area contributed by atoms with Crippen LogP contribution >= 0.6 is 0 Å². The molecule has 0 aliphatic rings. The molecule has 1 heterocycles. The first-order valence-electron chi connectivity index (χ1n) is 6.62. The van der Waals surface area contributed by atoms with Gasteiger partial charge in [0.25, 0.3) is 11.5 Å². The molecule has 21 heavy (non-hydrogen) atoms. The second-order valence-electron chi connectivity index (χ2n) is 6.13. The van der Waals surface area contributed by atoms with Crippen LogP contribution in [0.3, 0.4) is 0 Å². The predicted octanol–water partition coefficient (Wildman–Crippen LogP) is 1.01. The second-order valence-corrected chi connectivity index (χ2v) is 6.13. The first kappa shape index (κ1) is 16.9. The highest BCUT2D eigenvalue weighted by molar-refractivity contribution is 5.95. The zero-order chi connectivity index (χ0) is 16.4. The molecule has 3 N–H and O–H groups in total. The summed E-state index contributed by atoms with van der Waals surface area (Å²) in [4.78, 5) is 35.1. The lowest BCUT2D eigenvalue weighted by Crippen LogP contribution is -2.46. The third-order valence-electron chi connectivity index (χ3n) is 3.43. The third-order valence-corrected chi connectivity index (χ3v) is 3.43. The van der Waals surface area contributed by atoms with Crippen LogP contribution in [0, 0.1) is 19.3 Å². The molecule has 1 rings (SSSR count). The molecule has 0 saturated heterocycles. The molecular formula is C14H21N3O4. The maximum Gasteiger partial charge on any atom is 0.305 e. The van der Waals surface area contributed by atoms with E-state index in [0.717, 1.165) is 0 Å². The summed E-state index contributed by atoms with van der Waals surface area (Å²) < 4.78 is 0. The average molecular weight is 295 g/mol. The lowest BCUT2D eigenvalue weighted by atomic mass is 9.84. The third kappa shape index (κ3) is 4.14. The fourth-order valence-corrected chi connectivity index (χ4v) is 1.88. The Morgan fingerprint density at radius 3 is 2.38 bits per heavy atom. The van der Waals surface area contributed by atoms with E-state index in [4.69, 9.17) is 5.11 Å². The van der Waals surface area contributed by atoms with Crippen LogP contribution in [-0.2, 0) is 4.79 Å². The van der Waals surface area contributed by atoms with Crippen molar-refractivity contribution in [3.63, 3.8) is 0 Å². The monoisotopic (exact) mass is 295 g/mol. The molecule has 1 unspecified atom stereocenters. The molecule has 0 fully saturated rings. The first-order chi connectivity index (χ1) is 9.54. The highest BCUT2D eigenvalue weighted by Crippen LogP contribution is 2.22. The number of carbonyl (C=O) groups is 2. The molecular weight excluding hydrogens is 274 g/mol. The van der Waals surface area contributed by atoms with Gasteiger partial charge in [-0.1, -0.05) is 20.8 Å². The number of aliphatic carboxylic acids is 1. The number of nitrogens with zero attached hydrogens (tertiary/aromatic N) is 1. The lowest BCUT2D eigenvalue weighted by Gasteiger charge is -2.30. The Labute approximate surface area is 122 Å². The second kappa shape index (κ2) is 6.07. The lowest BCUT2D eigenvalue weighted by molar-refractivity contribution is -0.138. The SMILES string of the molecule is Cc1n[nH]c(=O)c(C(=O)NC(CC(=O)O)C(C)(C)C)c1C. The van der Waals surface area contributed by atoms with Gasteiger partial charge in [-0.05, 0) is 24.8 Å². The summed E-state index contributed by atoms with van der Waals surface area (Å²) in [7, 11) is 0. The largest absolute Gasteiger partial charge is 0.481 e. The number of amides is 1. The van der Waals surface area contributed by atoms with Gasteiger partial charge in [0.05, 0.1) is 12.1 Å². The zero-order valence-electron chi connectivity index (χ0n) is 12.9. The molecule has 1 amide bonds. The van der Waals surface area contributed by atoms with E-state index < -0.39 is 28.9 Å². The van der Waals surface area contributed by atoms with Crippen molar-refractivity contribution < 1.29 is 14.7 Å². The Hall–Kier alpha value is -2.18. The van der Waals surface area contributed by atoms with Crippen molar-refractivity contribution in [3.8, 4) is 0 Å². The maximum atomic E-state index is 12.3. The molecule has 1 aromatic rings. The number of carbonyl (C=O) groups excluding carboxylic acids is 1. The Kier molecular flexibility index (Phi) is 4.88. The van der Waals surface area contributed by atoms with Gasteiger partial charge in [0.15, 0.2) is 0 Å². The number of carboxylic acid groups (broad SMARTS) is 1. The van der Waals surface area contributed by atoms with Gasteiger partial charge in [0.2, 0.25) is 0 Å². The van der Waals surface area contributed by atoms with Gasteiger partial charge < -0.3 is 10.4 Å². The fourth-order valence-electron chi connectivity index (χ4n) is 1.88. The van der Waals surface area contributed by atoms with Gasteiger partial charge in [-0.2, -0.15) is 5.10 Å². The molecule has 0 spiro atoms. The van der Waals surface area contributed by atoms with Crippen molar-refractivity contribution >= 4 is 11.9 Å². The smallest absolute Gasteiger partial charge is 0.305 e. The van der Waals surface area contributed by atoms with Crippen molar-refractivity contribution in [2.75, 3.05) is 0 Å². The van der Waals surface area contributed by atoms with Crippen molar-refractivity contribution in [2.45, 2.75) is 47.1 Å². The number of aromatic amines is 1. The summed E-state index contributed by atoms with van der Waals surface area (Å²) >= 11 is 0. The van der Waals surface area contributed by atoms with Gasteiger partial charge in [-0.15, -0.1) is 0 Å². The summed E-state index contributed by atoms with van der Waals surface area (Å²) in [5.74, 6) is -1.59. The Balaban J connectivity index is 3.12. The number of hydrogen-bond donors (Lipinski definition) is 3. The van der Waals surface area contributed by atoms with E-state index in [1.165, 1.54) is 0 Å². The molecule has 7 heteroatoms. The molecule has 7 nitrogen and oxygen atoms in total. The van der Waals surface area contributed by atoms with Crippen LogP contribution in [0.1, 0.15) is 48.8 Å². The molecule has 0 aliphatic carbocycles. The molecule has 0 aliphatic heterocycles. The molecule has 0 aromatic carbocycles. The van der Waals surface area contributed by atoms with Gasteiger partial charge in [-0.3, -0.25) is 14.4 Å². The quantitative estimate of drug-likeness (QED) is 0.767. The number of aryl methyl sites for hydroxylation is 1. The van der Waals surface area contributed by atoms with E-state index in [0.29, 0.717) is 11.3 Å². The molecule has 1 atom stereocenters. The summed E-state index contributed by atoms with van der Waals surface area (Å²) in [6.07, 6.45) is -0.212. The fraction of sp³-hybridized carbons (Fsp3) is 0.571. The van der Waals surface area contributed by atoms with E-state index in [1.54, 1.807) is 13.8 Å². The number of hydrogen-bond acceptors (Lipinski definition) is 4. The van der Waals surface area contributed by atoms with E-state index >= 15 is 0 Å². The summed E-state index contributed by atoms with van der Waals surface area (Å²) in [6.45, 7) is 8.80. The van der Waals surface area contributed by atoms with Crippen molar-refractivity contribution in [2.24, 2.45) is 5.41 Å². The summed E-state index contributed by atoms with van der Waals surface area (Å²) in [6, 6.07) is -0.588. The number of aromatic nitrogens is 2. The van der Waals surface area contributed by atoms with Crippen LogP contribution in [0.5, 0.6) is 0 Å². The van der Waals surface area contributed by atoms with E-state index in [9.17, 15) is 14.4 Å². The number of H-pyrrole nitrogens is 1.